The van der Waals surface area contributed by atoms with Gasteiger partial charge in [-0.2, -0.15) is 0 Å². The zero-order valence-corrected chi connectivity index (χ0v) is 11.8. The van der Waals surface area contributed by atoms with E-state index < -0.39 is 17.4 Å². The summed E-state index contributed by atoms with van der Waals surface area (Å²) < 4.78 is 32.2. The molecule has 0 unspecified atom stereocenters. The lowest BCUT2D eigenvalue weighted by Crippen LogP contribution is -2.25. The molecule has 23 heavy (non-hydrogen) atoms. The molecule has 0 aromatic heterocycles. The number of nitrogens with one attached hydrogen (secondary N) is 1. The van der Waals surface area contributed by atoms with Gasteiger partial charge in [0.1, 0.15) is 17.4 Å². The van der Waals surface area contributed by atoms with Crippen LogP contribution < -0.4 is 10.1 Å². The molecule has 0 bridgehead atoms. The minimum absolute atomic E-state index is 0.0766. The number of halogens is 2. The van der Waals surface area contributed by atoms with Crippen molar-refractivity contribution in [2.45, 2.75) is 0 Å². The molecule has 1 aliphatic heterocycles. The molecule has 1 amide bonds. The first kappa shape index (κ1) is 14.9. The van der Waals surface area contributed by atoms with Crippen molar-refractivity contribution in [1.29, 1.82) is 0 Å². The maximum Gasteiger partial charge on any atom is 0.262 e. The van der Waals surface area contributed by atoms with Gasteiger partial charge in [-0.05, 0) is 42.5 Å². The van der Waals surface area contributed by atoms with E-state index in [1.54, 1.807) is 6.07 Å². The number of carbonyl (C=O) groups is 2. The number of anilines is 1. The third-order valence-corrected chi connectivity index (χ3v) is 3.30. The average molecular weight is 315 g/mol. The number of carbonyl (C=O) groups excluding carboxylic acids is 2. The Morgan fingerprint density at radius 2 is 1.91 bits per heavy atom. The molecule has 6 heteroatoms. The summed E-state index contributed by atoms with van der Waals surface area (Å²) in [6, 6.07) is 7.99. The standard InChI is InChI=1S/C17H11F2NO3/c18-12-2-1-3-13(19)11(12)5-6-15(21)10-4-7-16-14(8-10)20-17(22)9-23-16/h1-8H,9H2,(H,20,22). The Hall–Kier alpha value is -3.02. The van der Waals surface area contributed by atoms with Crippen LogP contribution in [0, 0.1) is 11.6 Å². The molecule has 2 aromatic rings. The summed E-state index contributed by atoms with van der Waals surface area (Å²) in [6.45, 7) is -0.0766. The molecule has 2 aromatic carbocycles. The van der Waals surface area contributed by atoms with Crippen LogP contribution >= 0.6 is 0 Å². The van der Waals surface area contributed by atoms with Crippen molar-refractivity contribution < 1.29 is 23.1 Å². The van der Waals surface area contributed by atoms with E-state index in [9.17, 15) is 18.4 Å². The van der Waals surface area contributed by atoms with E-state index in [1.807, 2.05) is 0 Å². The molecule has 3 rings (SSSR count). The zero-order valence-electron chi connectivity index (χ0n) is 11.8. The van der Waals surface area contributed by atoms with Crippen molar-refractivity contribution in [1.82, 2.24) is 0 Å². The number of amides is 1. The third-order valence-electron chi connectivity index (χ3n) is 3.30. The van der Waals surface area contributed by atoms with E-state index >= 15 is 0 Å². The molecule has 0 aliphatic carbocycles. The monoisotopic (exact) mass is 315 g/mol. The van der Waals surface area contributed by atoms with Crippen molar-refractivity contribution in [2.75, 3.05) is 11.9 Å². The van der Waals surface area contributed by atoms with Crippen molar-refractivity contribution >= 4 is 23.5 Å². The largest absolute Gasteiger partial charge is 0.482 e. The van der Waals surface area contributed by atoms with Crippen LogP contribution in [0.2, 0.25) is 0 Å². The number of ketones is 1. The van der Waals surface area contributed by atoms with Gasteiger partial charge in [-0.1, -0.05) is 6.07 Å². The Labute approximate surface area is 130 Å². The van der Waals surface area contributed by atoms with Gasteiger partial charge in [0.2, 0.25) is 0 Å². The van der Waals surface area contributed by atoms with Crippen molar-refractivity contribution in [2.24, 2.45) is 0 Å². The SMILES string of the molecule is O=C1COc2ccc(C(=O)C=Cc3c(F)cccc3F)cc2N1. The fraction of sp³-hybridized carbons (Fsp3) is 0.0588. The number of benzene rings is 2. The number of hydrogen-bond donors (Lipinski definition) is 1. The van der Waals surface area contributed by atoms with E-state index in [2.05, 4.69) is 5.32 Å². The second-order valence-electron chi connectivity index (χ2n) is 4.88. The molecule has 116 valence electrons. The molecular weight excluding hydrogens is 304 g/mol. The summed E-state index contributed by atoms with van der Waals surface area (Å²) in [6.07, 6.45) is 2.16. The van der Waals surface area contributed by atoms with Crippen LogP contribution in [0.5, 0.6) is 5.75 Å². The number of hydrogen-bond acceptors (Lipinski definition) is 3. The number of allylic oxidation sites excluding steroid dienone is 1. The second kappa shape index (κ2) is 6.00. The van der Waals surface area contributed by atoms with Gasteiger partial charge in [-0.25, -0.2) is 8.78 Å². The smallest absolute Gasteiger partial charge is 0.262 e. The summed E-state index contributed by atoms with van der Waals surface area (Å²) >= 11 is 0. The highest BCUT2D eigenvalue weighted by atomic mass is 19.1. The molecule has 0 saturated heterocycles. The van der Waals surface area contributed by atoms with E-state index in [4.69, 9.17) is 4.74 Å². The highest BCUT2D eigenvalue weighted by molar-refractivity contribution is 6.08. The van der Waals surface area contributed by atoms with Crippen LogP contribution in [-0.4, -0.2) is 18.3 Å². The fourth-order valence-electron chi connectivity index (χ4n) is 2.16. The van der Waals surface area contributed by atoms with Crippen LogP contribution in [-0.2, 0) is 4.79 Å². The number of fused-ring (bicyclic) bond motifs is 1. The number of rotatable bonds is 3. The summed E-state index contributed by atoms with van der Waals surface area (Å²) in [5.74, 6) is -1.80. The van der Waals surface area contributed by atoms with Crippen LogP contribution in [0.3, 0.4) is 0 Å². The van der Waals surface area contributed by atoms with Crippen molar-refractivity contribution in [3.05, 3.63) is 65.2 Å². The summed E-state index contributed by atoms with van der Waals surface area (Å²) in [5.41, 5.74) is 0.371. The summed E-state index contributed by atoms with van der Waals surface area (Å²) in [4.78, 5) is 23.4. The van der Waals surface area contributed by atoms with Crippen LogP contribution in [0.25, 0.3) is 6.08 Å². The molecule has 1 aliphatic rings. The van der Waals surface area contributed by atoms with E-state index in [1.165, 1.54) is 18.2 Å². The van der Waals surface area contributed by atoms with Gasteiger partial charge >= 0.3 is 0 Å². The first-order valence-electron chi connectivity index (χ1n) is 6.78. The molecule has 1 N–H and O–H groups in total. The Balaban J connectivity index is 1.85. The summed E-state index contributed by atoms with van der Waals surface area (Å²) in [7, 11) is 0. The van der Waals surface area contributed by atoms with Crippen LogP contribution in [0.1, 0.15) is 15.9 Å². The van der Waals surface area contributed by atoms with Crippen LogP contribution in [0.15, 0.2) is 42.5 Å². The van der Waals surface area contributed by atoms with Gasteiger partial charge < -0.3 is 10.1 Å². The van der Waals surface area contributed by atoms with Gasteiger partial charge in [-0.3, -0.25) is 9.59 Å². The maximum atomic E-state index is 13.5. The minimum Gasteiger partial charge on any atom is -0.482 e. The third kappa shape index (κ3) is 3.11. The van der Waals surface area contributed by atoms with Gasteiger partial charge in [0.15, 0.2) is 12.4 Å². The Morgan fingerprint density at radius 3 is 2.65 bits per heavy atom. The highest BCUT2D eigenvalue weighted by Gasteiger charge is 2.17. The molecule has 0 spiro atoms. The molecule has 0 fully saturated rings. The zero-order chi connectivity index (χ0) is 16.4. The Morgan fingerprint density at radius 1 is 1.17 bits per heavy atom. The van der Waals surface area contributed by atoms with E-state index in [0.717, 1.165) is 24.3 Å². The van der Waals surface area contributed by atoms with Crippen molar-refractivity contribution in [3.63, 3.8) is 0 Å². The molecule has 0 radical (unpaired) electrons. The first-order valence-corrected chi connectivity index (χ1v) is 6.78. The van der Waals surface area contributed by atoms with Gasteiger partial charge in [0.05, 0.1) is 5.69 Å². The van der Waals surface area contributed by atoms with Gasteiger partial charge in [0, 0.05) is 11.1 Å². The average Bonchev–Trinajstić information content (AvgIpc) is 2.53. The summed E-state index contributed by atoms with van der Waals surface area (Å²) in [5, 5.41) is 2.59. The number of ether oxygens (including phenoxy) is 1. The molecule has 0 atom stereocenters. The minimum atomic E-state index is -0.750. The maximum absolute atomic E-state index is 13.5. The Kier molecular flexibility index (Phi) is 3.89. The molecule has 1 heterocycles. The van der Waals surface area contributed by atoms with E-state index in [-0.39, 0.29) is 23.6 Å². The lowest BCUT2D eigenvalue weighted by molar-refractivity contribution is -0.118. The highest BCUT2D eigenvalue weighted by Crippen LogP contribution is 2.28. The van der Waals surface area contributed by atoms with E-state index in [0.29, 0.717) is 11.4 Å². The second-order valence-corrected chi connectivity index (χ2v) is 4.88. The molecular formula is C17H11F2NO3. The topological polar surface area (TPSA) is 55.4 Å². The predicted molar refractivity (Wildman–Crippen MR) is 80.3 cm³/mol. The van der Waals surface area contributed by atoms with Gasteiger partial charge in [0.25, 0.3) is 5.91 Å². The normalized spacial score (nSPS) is 13.4. The van der Waals surface area contributed by atoms with Gasteiger partial charge in [-0.15, -0.1) is 0 Å². The van der Waals surface area contributed by atoms with Crippen molar-refractivity contribution in [3.8, 4) is 5.75 Å². The quantitative estimate of drug-likeness (QED) is 0.699. The predicted octanol–water partition coefficient (Wildman–Crippen LogP) is 3.19. The lowest BCUT2D eigenvalue weighted by Gasteiger charge is -2.17. The Bertz CT molecular complexity index is 810. The molecule has 0 saturated carbocycles. The molecule has 4 nitrogen and oxygen atoms in total. The lowest BCUT2D eigenvalue weighted by atomic mass is 10.1. The fourth-order valence-corrected chi connectivity index (χ4v) is 2.16. The first-order chi connectivity index (χ1) is 11.0. The van der Waals surface area contributed by atoms with Crippen LogP contribution in [0.4, 0.5) is 14.5 Å².